The van der Waals surface area contributed by atoms with E-state index < -0.39 is 42.6 Å². The summed E-state index contributed by atoms with van der Waals surface area (Å²) in [5.41, 5.74) is 16.1. The first-order valence-electron chi connectivity index (χ1n) is 8.65. The number of aromatic hydroxyl groups is 1. The molecule has 0 radical (unpaired) electrons. The van der Waals surface area contributed by atoms with Crippen LogP contribution >= 0.6 is 0 Å². The fourth-order valence-electron chi connectivity index (χ4n) is 1.66. The summed E-state index contributed by atoms with van der Waals surface area (Å²) in [6.07, 6.45) is 0.824. The molecule has 0 heterocycles. The molecule has 0 amide bonds. The molecule has 0 aliphatic carbocycles. The van der Waals surface area contributed by atoms with Crippen LogP contribution in [0.5, 0.6) is 5.75 Å². The molecule has 3 atom stereocenters. The van der Waals surface area contributed by atoms with Crippen molar-refractivity contribution in [2.45, 2.75) is 44.8 Å². The van der Waals surface area contributed by atoms with Gasteiger partial charge in [-0.15, -0.1) is 0 Å². The Labute approximate surface area is 168 Å². The monoisotopic (exact) mass is 417 g/mol. The summed E-state index contributed by atoms with van der Waals surface area (Å²) in [6.45, 7) is 3.39. The lowest BCUT2D eigenvalue weighted by Gasteiger charge is -2.07. The van der Waals surface area contributed by atoms with Crippen molar-refractivity contribution in [3.63, 3.8) is 0 Å². The molecule has 1 aromatic carbocycles. The van der Waals surface area contributed by atoms with Crippen LogP contribution in [0.25, 0.3) is 0 Å². The van der Waals surface area contributed by atoms with Gasteiger partial charge in [-0.05, 0) is 36.5 Å². The van der Waals surface area contributed by atoms with Crippen molar-refractivity contribution in [3.8, 4) is 5.75 Å². The Morgan fingerprint density at radius 2 is 1.24 bits per heavy atom. The fraction of sp³-hybridized carbons (Fsp3) is 0.500. The van der Waals surface area contributed by atoms with Crippen LogP contribution < -0.4 is 17.2 Å². The molecule has 0 aliphatic heterocycles. The molecular formula is C18H31N3O8. The number of rotatable bonds is 8. The third-order valence-corrected chi connectivity index (χ3v) is 3.27. The lowest BCUT2D eigenvalue weighted by atomic mass is 10.1. The molecule has 11 N–H and O–H groups in total. The number of phenolic OH excluding ortho intramolecular Hbond substituents is 1. The number of benzene rings is 1. The number of phenols is 1. The molecule has 0 bridgehead atoms. The number of hydrogen-bond acceptors (Lipinski definition) is 8. The molecule has 11 nitrogen and oxygen atoms in total. The topological polar surface area (TPSA) is 230 Å². The van der Waals surface area contributed by atoms with Crippen LogP contribution in [0.4, 0.5) is 0 Å². The second kappa shape index (κ2) is 15.2. The smallest absolute Gasteiger partial charge is 0.322 e. The molecule has 1 rings (SSSR count). The van der Waals surface area contributed by atoms with E-state index in [0.717, 1.165) is 5.56 Å². The minimum atomic E-state index is -1.18. The Morgan fingerprint density at radius 1 is 0.828 bits per heavy atom. The number of carbonyl (C=O) groups is 3. The number of hydrogen-bond donors (Lipinski definition) is 8. The molecule has 11 heteroatoms. The minimum Gasteiger partial charge on any atom is -0.508 e. The largest absolute Gasteiger partial charge is 0.508 e. The van der Waals surface area contributed by atoms with E-state index in [1.165, 1.54) is 12.1 Å². The fourth-order valence-corrected chi connectivity index (χ4v) is 1.66. The Morgan fingerprint density at radius 3 is 1.48 bits per heavy atom. The highest BCUT2D eigenvalue weighted by molar-refractivity contribution is 5.74. The summed E-state index contributed by atoms with van der Waals surface area (Å²) in [6, 6.07) is 3.61. The molecule has 3 unspecified atom stereocenters. The molecule has 0 saturated heterocycles. The van der Waals surface area contributed by atoms with E-state index in [2.05, 4.69) is 0 Å². The van der Waals surface area contributed by atoms with E-state index >= 15 is 0 Å². The second-order valence-corrected chi connectivity index (χ2v) is 6.52. The van der Waals surface area contributed by atoms with Gasteiger partial charge in [-0.3, -0.25) is 14.4 Å². The van der Waals surface area contributed by atoms with Crippen LogP contribution in [-0.4, -0.2) is 68.2 Å². The van der Waals surface area contributed by atoms with E-state index in [1.54, 1.807) is 12.1 Å². The van der Waals surface area contributed by atoms with E-state index in [-0.39, 0.29) is 12.2 Å². The van der Waals surface area contributed by atoms with Gasteiger partial charge in [-0.25, -0.2) is 0 Å². The van der Waals surface area contributed by atoms with E-state index in [4.69, 9.17) is 42.7 Å². The highest BCUT2D eigenvalue weighted by Crippen LogP contribution is 2.10. The predicted molar refractivity (Wildman–Crippen MR) is 105 cm³/mol. The van der Waals surface area contributed by atoms with E-state index in [0.29, 0.717) is 12.3 Å². The van der Waals surface area contributed by atoms with Crippen molar-refractivity contribution in [1.82, 2.24) is 0 Å². The van der Waals surface area contributed by atoms with Gasteiger partial charge in [0.1, 0.15) is 23.9 Å². The van der Waals surface area contributed by atoms with Crippen LogP contribution in [0.1, 0.15) is 25.8 Å². The first-order valence-corrected chi connectivity index (χ1v) is 8.65. The van der Waals surface area contributed by atoms with Gasteiger partial charge in [0.05, 0.1) is 6.61 Å². The number of aliphatic hydroxyl groups excluding tert-OH is 1. The molecule has 29 heavy (non-hydrogen) atoms. The Bertz CT molecular complexity index is 622. The predicted octanol–water partition coefficient (Wildman–Crippen LogP) is -0.818. The zero-order chi connectivity index (χ0) is 23.1. The van der Waals surface area contributed by atoms with Gasteiger partial charge in [0.15, 0.2) is 0 Å². The van der Waals surface area contributed by atoms with Crippen molar-refractivity contribution in [2.75, 3.05) is 6.61 Å². The zero-order valence-corrected chi connectivity index (χ0v) is 16.4. The van der Waals surface area contributed by atoms with Gasteiger partial charge in [0.2, 0.25) is 0 Å². The van der Waals surface area contributed by atoms with Gasteiger partial charge < -0.3 is 42.7 Å². The summed E-state index contributed by atoms with van der Waals surface area (Å²) < 4.78 is 0. The maximum atomic E-state index is 10.4. The van der Waals surface area contributed by atoms with Crippen LogP contribution in [0.2, 0.25) is 0 Å². The third-order valence-electron chi connectivity index (χ3n) is 3.27. The van der Waals surface area contributed by atoms with Gasteiger partial charge in [0.25, 0.3) is 0 Å². The lowest BCUT2D eigenvalue weighted by Crippen LogP contribution is -2.33. The Hall–Kier alpha value is -2.73. The average Bonchev–Trinajstić information content (AvgIpc) is 2.63. The summed E-state index contributed by atoms with van der Waals surface area (Å²) in [7, 11) is 0. The molecule has 0 fully saturated rings. The maximum Gasteiger partial charge on any atom is 0.322 e. The zero-order valence-electron chi connectivity index (χ0n) is 16.4. The van der Waals surface area contributed by atoms with E-state index in [9.17, 15) is 14.4 Å². The van der Waals surface area contributed by atoms with Crippen LogP contribution in [0.15, 0.2) is 24.3 Å². The van der Waals surface area contributed by atoms with Crippen molar-refractivity contribution in [2.24, 2.45) is 23.1 Å². The quantitative estimate of drug-likeness (QED) is 0.260. The summed E-state index contributed by atoms with van der Waals surface area (Å²) >= 11 is 0. The van der Waals surface area contributed by atoms with Gasteiger partial charge in [-0.1, -0.05) is 26.0 Å². The van der Waals surface area contributed by atoms with Crippen molar-refractivity contribution in [3.05, 3.63) is 29.8 Å². The number of nitrogens with two attached hydrogens (primary N) is 3. The van der Waals surface area contributed by atoms with Crippen molar-refractivity contribution < 1.29 is 39.9 Å². The highest BCUT2D eigenvalue weighted by Gasteiger charge is 2.12. The van der Waals surface area contributed by atoms with Crippen LogP contribution in [0, 0.1) is 5.92 Å². The molecule has 166 valence electrons. The maximum absolute atomic E-state index is 10.4. The molecular weight excluding hydrogens is 386 g/mol. The lowest BCUT2D eigenvalue weighted by molar-refractivity contribution is -0.140. The highest BCUT2D eigenvalue weighted by atomic mass is 16.4. The van der Waals surface area contributed by atoms with Crippen molar-refractivity contribution in [1.29, 1.82) is 0 Å². The average molecular weight is 417 g/mol. The van der Waals surface area contributed by atoms with Gasteiger partial charge in [-0.2, -0.15) is 0 Å². The van der Waals surface area contributed by atoms with Crippen molar-refractivity contribution >= 4 is 17.9 Å². The number of carboxylic acids is 3. The summed E-state index contributed by atoms with van der Waals surface area (Å²) in [5, 5.41) is 41.7. The first kappa shape index (κ1) is 28.5. The normalized spacial score (nSPS) is 13.1. The molecule has 0 saturated carbocycles. The number of aliphatic carboxylic acids is 3. The minimum absolute atomic E-state index is 0.160. The first-order chi connectivity index (χ1) is 13.3. The summed E-state index contributed by atoms with van der Waals surface area (Å²) in [4.78, 5) is 30.2. The van der Waals surface area contributed by atoms with E-state index in [1.807, 2.05) is 13.8 Å². The number of aliphatic hydroxyl groups is 1. The van der Waals surface area contributed by atoms with Gasteiger partial charge in [0, 0.05) is 0 Å². The molecule has 0 aromatic heterocycles. The molecule has 0 spiro atoms. The Kier molecular flexibility index (Phi) is 14.9. The second-order valence-electron chi connectivity index (χ2n) is 6.52. The van der Waals surface area contributed by atoms with Gasteiger partial charge >= 0.3 is 17.9 Å². The number of carboxylic acid groups (broad SMARTS) is 3. The molecule has 0 aliphatic rings. The molecule has 1 aromatic rings. The third kappa shape index (κ3) is 16.0. The Balaban J connectivity index is 0. The summed E-state index contributed by atoms with van der Waals surface area (Å²) in [5.74, 6) is -2.59. The van der Waals surface area contributed by atoms with Crippen LogP contribution in [-0.2, 0) is 20.8 Å². The van der Waals surface area contributed by atoms with Crippen LogP contribution in [0.3, 0.4) is 0 Å². The standard InChI is InChI=1S/C9H11NO3.C6H13NO2.C3H7NO3/c10-8(9(12)13)5-6-1-3-7(11)4-2-6;1-4(2)3-5(7)6(8)9;4-2(1-5)3(6)7/h1-4,8,11H,5,10H2,(H,12,13);4-5H,3,7H2,1-2H3,(H,8,9);2,5H,1,4H2,(H,6,7). The SMILES string of the molecule is CC(C)CC(N)C(=O)O.NC(CO)C(=O)O.NC(Cc1ccc(O)cc1)C(=O)O.